The van der Waals surface area contributed by atoms with E-state index in [0.717, 1.165) is 17.7 Å². The van der Waals surface area contributed by atoms with Crippen molar-refractivity contribution in [2.75, 3.05) is 0 Å². The van der Waals surface area contributed by atoms with E-state index < -0.39 is 0 Å². The van der Waals surface area contributed by atoms with Crippen LogP contribution in [0.5, 0.6) is 0 Å². The molecular weight excluding hydrogens is 152 g/mol. The van der Waals surface area contributed by atoms with Gasteiger partial charge in [-0.25, -0.2) is 0 Å². The summed E-state index contributed by atoms with van der Waals surface area (Å²) in [5.41, 5.74) is 3.42. The van der Waals surface area contributed by atoms with E-state index in [1.165, 1.54) is 5.69 Å². The molecule has 3 heteroatoms. The van der Waals surface area contributed by atoms with Gasteiger partial charge in [0.05, 0.1) is 5.69 Å². The zero-order valence-electron chi connectivity index (χ0n) is 7.42. The molecule has 2 rings (SSSR count). The van der Waals surface area contributed by atoms with Crippen molar-refractivity contribution in [2.45, 2.75) is 26.2 Å². The molecule has 0 aromatic carbocycles. The lowest BCUT2D eigenvalue weighted by molar-refractivity contribution is -0.118. The summed E-state index contributed by atoms with van der Waals surface area (Å²) in [6.07, 6.45) is 2.15. The first-order valence-electron chi connectivity index (χ1n) is 4.21. The van der Waals surface area contributed by atoms with E-state index in [1.807, 2.05) is 18.7 Å². The molecule has 0 N–H and O–H groups in total. The lowest BCUT2D eigenvalue weighted by Crippen LogP contribution is -2.14. The number of rotatable bonds is 0. The fourth-order valence-electron chi connectivity index (χ4n) is 1.84. The summed E-state index contributed by atoms with van der Waals surface area (Å²) in [6, 6.07) is 0. The van der Waals surface area contributed by atoms with Crippen LogP contribution in [0.1, 0.15) is 23.4 Å². The summed E-state index contributed by atoms with van der Waals surface area (Å²) in [6.45, 7) is 1.97. The third-order valence-corrected chi connectivity index (χ3v) is 2.49. The summed E-state index contributed by atoms with van der Waals surface area (Å²) in [7, 11) is 1.95. The molecule has 0 radical (unpaired) electrons. The van der Waals surface area contributed by atoms with Crippen LogP contribution < -0.4 is 0 Å². The summed E-state index contributed by atoms with van der Waals surface area (Å²) >= 11 is 0. The van der Waals surface area contributed by atoms with Gasteiger partial charge in [0.2, 0.25) is 0 Å². The zero-order valence-corrected chi connectivity index (χ0v) is 7.42. The second-order valence-corrected chi connectivity index (χ2v) is 3.35. The van der Waals surface area contributed by atoms with Crippen LogP contribution in [0.4, 0.5) is 0 Å². The minimum atomic E-state index is 0.346. The molecule has 64 valence electrons. The van der Waals surface area contributed by atoms with E-state index in [-0.39, 0.29) is 0 Å². The Kier molecular flexibility index (Phi) is 1.53. The smallest absolute Gasteiger partial charge is 0.137 e. The number of carbonyl (C=O) groups excluding carboxylic acids is 1. The molecule has 0 bridgehead atoms. The maximum Gasteiger partial charge on any atom is 0.137 e. The summed E-state index contributed by atoms with van der Waals surface area (Å²) in [5.74, 6) is 0.346. The first-order valence-corrected chi connectivity index (χ1v) is 4.21. The van der Waals surface area contributed by atoms with Gasteiger partial charge in [-0.3, -0.25) is 9.48 Å². The van der Waals surface area contributed by atoms with E-state index in [4.69, 9.17) is 0 Å². The van der Waals surface area contributed by atoms with Gasteiger partial charge in [-0.05, 0) is 13.3 Å². The molecule has 12 heavy (non-hydrogen) atoms. The van der Waals surface area contributed by atoms with Crippen LogP contribution in [0.15, 0.2) is 0 Å². The molecule has 0 spiro atoms. The van der Waals surface area contributed by atoms with Crippen LogP contribution in [0, 0.1) is 6.92 Å². The standard InChI is InChI=1S/C9H12N2O/c1-6-8-5-7(12)3-4-9(8)11(2)10-6/h3-5H2,1-2H3. The Bertz CT molecular complexity index is 339. The van der Waals surface area contributed by atoms with Crippen molar-refractivity contribution < 1.29 is 4.79 Å². The van der Waals surface area contributed by atoms with Crippen molar-refractivity contribution in [2.24, 2.45) is 7.05 Å². The highest BCUT2D eigenvalue weighted by Crippen LogP contribution is 2.20. The third kappa shape index (κ3) is 0.967. The summed E-state index contributed by atoms with van der Waals surface area (Å²) in [4.78, 5) is 11.2. The van der Waals surface area contributed by atoms with E-state index in [1.54, 1.807) is 0 Å². The molecule has 0 saturated heterocycles. The molecule has 0 atom stereocenters. The second kappa shape index (κ2) is 2.44. The van der Waals surface area contributed by atoms with Gasteiger partial charge in [-0.1, -0.05) is 0 Å². The minimum absolute atomic E-state index is 0.346. The van der Waals surface area contributed by atoms with Crippen LogP contribution >= 0.6 is 0 Å². The van der Waals surface area contributed by atoms with Crippen molar-refractivity contribution >= 4 is 5.78 Å². The second-order valence-electron chi connectivity index (χ2n) is 3.35. The Labute approximate surface area is 71.4 Å². The molecular formula is C9H12N2O. The maximum atomic E-state index is 11.2. The van der Waals surface area contributed by atoms with Gasteiger partial charge >= 0.3 is 0 Å². The molecule has 3 nitrogen and oxygen atoms in total. The van der Waals surface area contributed by atoms with Crippen molar-refractivity contribution in [1.29, 1.82) is 0 Å². The van der Waals surface area contributed by atoms with E-state index >= 15 is 0 Å². The number of hydrogen-bond acceptors (Lipinski definition) is 2. The predicted octanol–water partition coefficient (Wildman–Crippen LogP) is 0.786. The lowest BCUT2D eigenvalue weighted by Gasteiger charge is -2.10. The number of carbonyl (C=O) groups is 1. The van der Waals surface area contributed by atoms with Gasteiger partial charge in [0.15, 0.2) is 0 Å². The van der Waals surface area contributed by atoms with Crippen molar-refractivity contribution in [3.63, 3.8) is 0 Å². The molecule has 1 aromatic rings. The molecule has 1 aromatic heterocycles. The molecule has 1 aliphatic rings. The van der Waals surface area contributed by atoms with Gasteiger partial charge < -0.3 is 0 Å². The largest absolute Gasteiger partial charge is 0.299 e. The molecule has 0 amide bonds. The number of nitrogens with zero attached hydrogens (tertiary/aromatic N) is 2. The highest BCUT2D eigenvalue weighted by Gasteiger charge is 2.21. The maximum absolute atomic E-state index is 11.2. The van der Waals surface area contributed by atoms with Gasteiger partial charge in [-0.2, -0.15) is 5.10 Å². The van der Waals surface area contributed by atoms with Gasteiger partial charge in [0, 0.05) is 31.1 Å². The number of Topliss-reactive ketones (excluding diaryl/α,β-unsaturated/α-hetero) is 1. The SMILES string of the molecule is Cc1nn(C)c2c1CC(=O)CC2. The van der Waals surface area contributed by atoms with Crippen LogP contribution in [0.2, 0.25) is 0 Å². The Morgan fingerprint density at radius 2 is 2.17 bits per heavy atom. The topological polar surface area (TPSA) is 34.9 Å². The van der Waals surface area contributed by atoms with E-state index in [9.17, 15) is 4.79 Å². The van der Waals surface area contributed by atoms with Crippen LogP contribution in [0.3, 0.4) is 0 Å². The molecule has 0 saturated carbocycles. The Hall–Kier alpha value is -1.12. The Morgan fingerprint density at radius 1 is 1.42 bits per heavy atom. The fourth-order valence-corrected chi connectivity index (χ4v) is 1.84. The Morgan fingerprint density at radius 3 is 2.92 bits per heavy atom. The molecule has 1 heterocycles. The van der Waals surface area contributed by atoms with Crippen molar-refractivity contribution in [3.8, 4) is 0 Å². The van der Waals surface area contributed by atoms with Crippen LogP contribution in [-0.2, 0) is 24.7 Å². The van der Waals surface area contributed by atoms with Gasteiger partial charge in [0.25, 0.3) is 0 Å². The van der Waals surface area contributed by atoms with Crippen LogP contribution in [0.25, 0.3) is 0 Å². The minimum Gasteiger partial charge on any atom is -0.299 e. The third-order valence-electron chi connectivity index (χ3n) is 2.49. The normalized spacial score (nSPS) is 16.3. The van der Waals surface area contributed by atoms with E-state index in [0.29, 0.717) is 18.6 Å². The zero-order chi connectivity index (χ0) is 8.72. The van der Waals surface area contributed by atoms with E-state index in [2.05, 4.69) is 5.10 Å². The quantitative estimate of drug-likeness (QED) is 0.568. The average molecular weight is 164 g/mol. The molecule has 0 unspecified atom stereocenters. The van der Waals surface area contributed by atoms with Crippen LogP contribution in [-0.4, -0.2) is 15.6 Å². The lowest BCUT2D eigenvalue weighted by atomic mass is 9.95. The molecule has 0 aliphatic heterocycles. The highest BCUT2D eigenvalue weighted by molar-refractivity contribution is 5.83. The number of fused-ring (bicyclic) bond motifs is 1. The van der Waals surface area contributed by atoms with Crippen molar-refractivity contribution in [1.82, 2.24) is 9.78 Å². The number of hydrogen-bond donors (Lipinski definition) is 0. The van der Waals surface area contributed by atoms with Gasteiger partial charge in [-0.15, -0.1) is 0 Å². The summed E-state index contributed by atoms with van der Waals surface area (Å²) in [5, 5.41) is 4.29. The highest BCUT2D eigenvalue weighted by atomic mass is 16.1. The first kappa shape index (κ1) is 7.53. The van der Waals surface area contributed by atoms with Crippen molar-refractivity contribution in [3.05, 3.63) is 17.0 Å². The Balaban J connectivity index is 2.51. The molecule has 1 aliphatic carbocycles. The average Bonchev–Trinajstić information content (AvgIpc) is 2.28. The number of aromatic nitrogens is 2. The number of aryl methyl sites for hydroxylation is 2. The fraction of sp³-hybridized carbons (Fsp3) is 0.556. The summed E-state index contributed by atoms with van der Waals surface area (Å²) < 4.78 is 1.90. The monoisotopic (exact) mass is 164 g/mol. The van der Waals surface area contributed by atoms with Gasteiger partial charge in [0.1, 0.15) is 5.78 Å². The first-order chi connectivity index (χ1) is 5.68. The predicted molar refractivity (Wildman–Crippen MR) is 45.0 cm³/mol. The number of ketones is 1. The molecule has 0 fully saturated rings.